The number of hydrogen-bond donors (Lipinski definition) is 1. The Balaban J connectivity index is 3.15. The lowest BCUT2D eigenvalue weighted by atomic mass is 10.2. The second-order valence-electron chi connectivity index (χ2n) is 2.54. The van der Waals surface area contributed by atoms with Crippen molar-refractivity contribution in [3.8, 4) is 0 Å². The van der Waals surface area contributed by atoms with Gasteiger partial charge in [-0.15, -0.1) is 6.58 Å². The van der Waals surface area contributed by atoms with Gasteiger partial charge in [-0.25, -0.2) is 0 Å². The van der Waals surface area contributed by atoms with Gasteiger partial charge < -0.3 is 5.32 Å². The highest BCUT2D eigenvalue weighted by atomic mass is 16.1. The van der Waals surface area contributed by atoms with Crippen molar-refractivity contribution in [2.24, 2.45) is 0 Å². The van der Waals surface area contributed by atoms with E-state index in [0.717, 1.165) is 19.4 Å². The number of hydrogen-bond acceptors (Lipinski definition) is 2. The van der Waals surface area contributed by atoms with Crippen LogP contribution in [0, 0.1) is 0 Å². The van der Waals surface area contributed by atoms with Gasteiger partial charge in [0, 0.05) is 6.42 Å². The van der Waals surface area contributed by atoms with Crippen LogP contribution in [0.3, 0.4) is 0 Å². The van der Waals surface area contributed by atoms with Gasteiger partial charge >= 0.3 is 0 Å². The molecule has 0 saturated heterocycles. The second-order valence-corrected chi connectivity index (χ2v) is 2.54. The summed E-state index contributed by atoms with van der Waals surface area (Å²) >= 11 is 0. The highest BCUT2D eigenvalue weighted by Crippen LogP contribution is 1.89. The molecule has 0 aromatic carbocycles. The van der Waals surface area contributed by atoms with E-state index in [2.05, 4.69) is 18.8 Å². The molecular formula is C9H17NO. The van der Waals surface area contributed by atoms with Crippen molar-refractivity contribution in [3.63, 3.8) is 0 Å². The lowest BCUT2D eigenvalue weighted by molar-refractivity contribution is -0.118. The summed E-state index contributed by atoms with van der Waals surface area (Å²) in [5, 5.41) is 3.06. The van der Waals surface area contributed by atoms with Gasteiger partial charge in [0.1, 0.15) is 5.78 Å². The van der Waals surface area contributed by atoms with E-state index in [4.69, 9.17) is 0 Å². The maximum atomic E-state index is 11.0. The van der Waals surface area contributed by atoms with Gasteiger partial charge in [0.2, 0.25) is 0 Å². The second kappa shape index (κ2) is 7.48. The molecular weight excluding hydrogens is 138 g/mol. The van der Waals surface area contributed by atoms with E-state index in [1.54, 1.807) is 6.08 Å². The van der Waals surface area contributed by atoms with E-state index in [1.807, 2.05) is 0 Å². The summed E-state index contributed by atoms with van der Waals surface area (Å²) < 4.78 is 0. The van der Waals surface area contributed by atoms with Crippen LogP contribution in [-0.4, -0.2) is 18.9 Å². The number of carbonyl (C=O) groups is 1. The van der Waals surface area contributed by atoms with E-state index >= 15 is 0 Å². The predicted octanol–water partition coefficient (Wildman–Crippen LogP) is 1.52. The molecule has 64 valence electrons. The average molecular weight is 155 g/mol. The molecule has 0 unspecified atom stereocenters. The number of rotatable bonds is 7. The first kappa shape index (κ1) is 10.4. The van der Waals surface area contributed by atoms with Crippen LogP contribution < -0.4 is 5.32 Å². The Morgan fingerprint density at radius 1 is 1.64 bits per heavy atom. The molecule has 0 aliphatic carbocycles. The zero-order valence-electron chi connectivity index (χ0n) is 7.23. The third-order valence-corrected chi connectivity index (χ3v) is 1.38. The molecule has 2 nitrogen and oxygen atoms in total. The Kier molecular flexibility index (Phi) is 7.05. The molecule has 0 saturated carbocycles. The van der Waals surface area contributed by atoms with Gasteiger partial charge in [-0.2, -0.15) is 0 Å². The number of ketones is 1. The third kappa shape index (κ3) is 7.26. The normalized spacial score (nSPS) is 9.55. The third-order valence-electron chi connectivity index (χ3n) is 1.38. The monoisotopic (exact) mass is 155 g/mol. The molecule has 0 heterocycles. The highest BCUT2D eigenvalue weighted by Gasteiger charge is 1.97. The highest BCUT2D eigenvalue weighted by molar-refractivity contribution is 5.80. The minimum absolute atomic E-state index is 0.276. The van der Waals surface area contributed by atoms with E-state index in [0.29, 0.717) is 13.0 Å². The molecule has 0 aromatic heterocycles. The van der Waals surface area contributed by atoms with Crippen molar-refractivity contribution >= 4 is 5.78 Å². The Bertz CT molecular complexity index is 121. The Morgan fingerprint density at radius 3 is 2.91 bits per heavy atom. The van der Waals surface area contributed by atoms with Crippen molar-refractivity contribution in [2.45, 2.75) is 26.2 Å². The maximum Gasteiger partial charge on any atom is 0.146 e. The SMILES string of the molecule is C=CCCC(=O)CNCCC. The average Bonchev–Trinajstić information content (AvgIpc) is 2.01. The summed E-state index contributed by atoms with van der Waals surface area (Å²) in [6, 6.07) is 0. The van der Waals surface area contributed by atoms with E-state index in [9.17, 15) is 4.79 Å². The molecule has 0 aliphatic heterocycles. The fourth-order valence-electron chi connectivity index (χ4n) is 0.756. The standard InChI is InChI=1S/C9H17NO/c1-3-5-6-9(11)8-10-7-4-2/h3,10H,1,4-8H2,2H3. The minimum atomic E-state index is 0.276. The summed E-state index contributed by atoms with van der Waals surface area (Å²) in [6.45, 7) is 7.09. The molecule has 0 spiro atoms. The van der Waals surface area contributed by atoms with Gasteiger partial charge in [-0.05, 0) is 19.4 Å². The van der Waals surface area contributed by atoms with Crippen LogP contribution in [-0.2, 0) is 4.79 Å². The molecule has 0 atom stereocenters. The lowest BCUT2D eigenvalue weighted by Crippen LogP contribution is -2.23. The van der Waals surface area contributed by atoms with Crippen molar-refractivity contribution in [3.05, 3.63) is 12.7 Å². The first-order valence-electron chi connectivity index (χ1n) is 4.14. The first-order chi connectivity index (χ1) is 5.31. The van der Waals surface area contributed by atoms with E-state index < -0.39 is 0 Å². The largest absolute Gasteiger partial charge is 0.310 e. The smallest absolute Gasteiger partial charge is 0.146 e. The zero-order chi connectivity index (χ0) is 8.53. The van der Waals surface area contributed by atoms with Crippen LogP contribution in [0.5, 0.6) is 0 Å². The van der Waals surface area contributed by atoms with E-state index in [1.165, 1.54) is 0 Å². The Labute approximate surface area is 68.7 Å². The molecule has 0 bridgehead atoms. The van der Waals surface area contributed by atoms with Crippen LogP contribution in [0.15, 0.2) is 12.7 Å². The Morgan fingerprint density at radius 2 is 2.36 bits per heavy atom. The number of allylic oxidation sites excluding steroid dienone is 1. The molecule has 0 aliphatic rings. The van der Waals surface area contributed by atoms with Gasteiger partial charge in [0.25, 0.3) is 0 Å². The van der Waals surface area contributed by atoms with Crippen molar-refractivity contribution in [2.75, 3.05) is 13.1 Å². The van der Waals surface area contributed by atoms with Crippen molar-refractivity contribution in [1.82, 2.24) is 5.32 Å². The zero-order valence-corrected chi connectivity index (χ0v) is 7.23. The molecule has 11 heavy (non-hydrogen) atoms. The van der Waals surface area contributed by atoms with Crippen LogP contribution >= 0.6 is 0 Å². The number of Topliss-reactive ketones (excluding diaryl/α,β-unsaturated/α-hetero) is 1. The van der Waals surface area contributed by atoms with Crippen LogP contribution in [0.25, 0.3) is 0 Å². The fraction of sp³-hybridized carbons (Fsp3) is 0.667. The van der Waals surface area contributed by atoms with Crippen molar-refractivity contribution in [1.29, 1.82) is 0 Å². The molecule has 0 radical (unpaired) electrons. The molecule has 2 heteroatoms. The van der Waals surface area contributed by atoms with E-state index in [-0.39, 0.29) is 5.78 Å². The summed E-state index contributed by atoms with van der Waals surface area (Å²) in [5.74, 6) is 0.276. The molecule has 0 rings (SSSR count). The topological polar surface area (TPSA) is 29.1 Å². The van der Waals surface area contributed by atoms with Crippen LogP contribution in [0.1, 0.15) is 26.2 Å². The first-order valence-corrected chi connectivity index (χ1v) is 4.14. The van der Waals surface area contributed by atoms with Crippen molar-refractivity contribution < 1.29 is 4.79 Å². The minimum Gasteiger partial charge on any atom is -0.310 e. The summed E-state index contributed by atoms with van der Waals surface area (Å²) in [6.07, 6.45) is 4.28. The summed E-state index contributed by atoms with van der Waals surface area (Å²) in [7, 11) is 0. The fourth-order valence-corrected chi connectivity index (χ4v) is 0.756. The van der Waals surface area contributed by atoms with Gasteiger partial charge in [-0.1, -0.05) is 13.0 Å². The van der Waals surface area contributed by atoms with Gasteiger partial charge in [-0.3, -0.25) is 4.79 Å². The molecule has 0 fully saturated rings. The molecule has 1 N–H and O–H groups in total. The predicted molar refractivity (Wildman–Crippen MR) is 47.6 cm³/mol. The van der Waals surface area contributed by atoms with Crippen LogP contribution in [0.4, 0.5) is 0 Å². The number of nitrogens with one attached hydrogen (secondary N) is 1. The summed E-state index contributed by atoms with van der Waals surface area (Å²) in [4.78, 5) is 11.0. The number of carbonyl (C=O) groups excluding carboxylic acids is 1. The van der Waals surface area contributed by atoms with Gasteiger partial charge in [0.05, 0.1) is 6.54 Å². The quantitative estimate of drug-likeness (QED) is 0.446. The molecule has 0 aromatic rings. The lowest BCUT2D eigenvalue weighted by Gasteiger charge is -1.99. The summed E-state index contributed by atoms with van der Waals surface area (Å²) in [5.41, 5.74) is 0. The maximum absolute atomic E-state index is 11.0. The van der Waals surface area contributed by atoms with Gasteiger partial charge in [0.15, 0.2) is 0 Å². The molecule has 0 amide bonds. The Hall–Kier alpha value is -0.630. The van der Waals surface area contributed by atoms with Crippen LogP contribution in [0.2, 0.25) is 0 Å².